The summed E-state index contributed by atoms with van der Waals surface area (Å²) in [6.07, 6.45) is 0. The number of carbonyl (C=O) groups is 1. The van der Waals surface area contributed by atoms with Crippen LogP contribution in [-0.4, -0.2) is 20.5 Å². The number of amides is 1. The molecule has 0 aliphatic carbocycles. The Morgan fingerprint density at radius 3 is 2.59 bits per heavy atom. The Kier molecular flexibility index (Phi) is 4.25. The minimum absolute atomic E-state index is 0.109. The highest BCUT2D eigenvalue weighted by atomic mass is 79.9. The number of carbonyl (C=O) groups excluding carboxylic acids is 1. The van der Waals surface area contributed by atoms with E-state index in [9.17, 15) is 20.0 Å². The van der Waals surface area contributed by atoms with Crippen LogP contribution in [0.1, 0.15) is 4.88 Å². The molecule has 0 bridgehead atoms. The molecule has 1 N–H and O–H groups in total. The number of nitro groups is 1. The van der Waals surface area contributed by atoms with E-state index in [0.29, 0.717) is 20.2 Å². The lowest BCUT2D eigenvalue weighted by atomic mass is 10.1. The minimum Gasteiger partial charge on any atom is -0.493 e. The van der Waals surface area contributed by atoms with Gasteiger partial charge in [-0.25, -0.2) is 4.99 Å². The van der Waals surface area contributed by atoms with E-state index in [1.807, 2.05) is 0 Å². The number of hydrogen-bond donors (Lipinski definition) is 1. The Bertz CT molecular complexity index is 1310. The zero-order valence-corrected chi connectivity index (χ0v) is 16.5. The fraction of sp³-hybridized carbons (Fsp3) is 0. The molecule has 134 valence electrons. The van der Waals surface area contributed by atoms with Crippen LogP contribution in [0.5, 0.6) is 5.88 Å². The molecule has 3 aromatic rings. The quantitative estimate of drug-likeness (QED) is 0.367. The summed E-state index contributed by atoms with van der Waals surface area (Å²) in [5.74, 6) is -0.773. The SMILES string of the molecule is O=C1N=c2ccc([N+](=O)[O-])cc2=C1c1sc(=S)n(-c2ccc(Br)cc2)c1O. The van der Waals surface area contributed by atoms with Gasteiger partial charge < -0.3 is 5.11 Å². The smallest absolute Gasteiger partial charge is 0.279 e. The molecule has 1 amide bonds. The van der Waals surface area contributed by atoms with E-state index in [2.05, 4.69) is 20.9 Å². The molecule has 0 fully saturated rings. The monoisotopic (exact) mass is 461 g/mol. The number of hydrogen-bond acceptors (Lipinski definition) is 6. The molecular weight excluding hydrogens is 454 g/mol. The van der Waals surface area contributed by atoms with Gasteiger partial charge in [0.1, 0.15) is 4.88 Å². The topological polar surface area (TPSA) is 97.7 Å². The van der Waals surface area contributed by atoms with Crippen LogP contribution in [0.25, 0.3) is 11.3 Å². The van der Waals surface area contributed by atoms with Gasteiger partial charge in [0.05, 0.1) is 21.5 Å². The predicted molar refractivity (Wildman–Crippen MR) is 105 cm³/mol. The average molecular weight is 462 g/mol. The molecule has 1 aromatic heterocycles. The van der Waals surface area contributed by atoms with E-state index in [-0.39, 0.29) is 22.0 Å². The van der Waals surface area contributed by atoms with Gasteiger partial charge in [0.2, 0.25) is 5.88 Å². The van der Waals surface area contributed by atoms with E-state index < -0.39 is 10.8 Å². The van der Waals surface area contributed by atoms with Gasteiger partial charge in [-0.15, -0.1) is 11.3 Å². The number of aromatic hydroxyl groups is 1. The van der Waals surface area contributed by atoms with Crippen LogP contribution >= 0.6 is 39.5 Å². The molecule has 0 spiro atoms. The average Bonchev–Trinajstić information content (AvgIpc) is 3.10. The molecule has 0 unspecified atom stereocenters. The Balaban J connectivity index is 2.00. The molecule has 2 aromatic carbocycles. The Hall–Kier alpha value is -2.69. The molecule has 0 radical (unpaired) electrons. The first-order chi connectivity index (χ1) is 12.9. The van der Waals surface area contributed by atoms with Crippen LogP contribution in [0.15, 0.2) is 51.9 Å². The fourth-order valence-corrected chi connectivity index (χ4v) is 4.43. The van der Waals surface area contributed by atoms with Crippen molar-refractivity contribution in [2.45, 2.75) is 0 Å². The lowest BCUT2D eigenvalue weighted by Crippen LogP contribution is -2.23. The summed E-state index contributed by atoms with van der Waals surface area (Å²) in [4.78, 5) is 27.1. The number of non-ortho nitro benzene ring substituents is 1. The van der Waals surface area contributed by atoms with E-state index in [1.165, 1.54) is 22.8 Å². The second-order valence-corrected chi connectivity index (χ2v) is 8.14. The van der Waals surface area contributed by atoms with Gasteiger partial charge in [0, 0.05) is 21.8 Å². The molecule has 10 heteroatoms. The molecule has 0 atom stereocenters. The van der Waals surface area contributed by atoms with Gasteiger partial charge in [0.15, 0.2) is 3.95 Å². The van der Waals surface area contributed by atoms with Crippen LogP contribution in [0.4, 0.5) is 5.69 Å². The first-order valence-electron chi connectivity index (χ1n) is 7.50. The third-order valence-electron chi connectivity index (χ3n) is 3.99. The van der Waals surface area contributed by atoms with Gasteiger partial charge in [-0.2, -0.15) is 0 Å². The van der Waals surface area contributed by atoms with Crippen molar-refractivity contribution in [1.82, 2.24) is 4.57 Å². The molecule has 0 saturated heterocycles. The highest BCUT2D eigenvalue weighted by Crippen LogP contribution is 2.35. The summed E-state index contributed by atoms with van der Waals surface area (Å²) in [5, 5.41) is 22.5. The summed E-state index contributed by atoms with van der Waals surface area (Å²) >= 11 is 9.76. The van der Waals surface area contributed by atoms with Crippen LogP contribution in [-0.2, 0) is 4.79 Å². The molecule has 0 saturated carbocycles. The number of aromatic nitrogens is 1. The normalized spacial score (nSPS) is 12.8. The molecule has 1 aliphatic heterocycles. The number of fused-ring (bicyclic) bond motifs is 1. The van der Waals surface area contributed by atoms with Crippen molar-refractivity contribution in [2.24, 2.45) is 4.99 Å². The predicted octanol–water partition coefficient (Wildman–Crippen LogP) is 3.00. The second-order valence-electron chi connectivity index (χ2n) is 5.58. The molecule has 2 heterocycles. The first kappa shape index (κ1) is 17.7. The maximum atomic E-state index is 12.4. The number of nitrogens with zero attached hydrogens (tertiary/aromatic N) is 3. The second kappa shape index (κ2) is 6.48. The first-order valence-corrected chi connectivity index (χ1v) is 9.51. The molecular formula is C17H8BrN3O4S2. The minimum atomic E-state index is -0.569. The highest BCUT2D eigenvalue weighted by molar-refractivity contribution is 9.10. The maximum Gasteiger partial charge on any atom is 0.279 e. The lowest BCUT2D eigenvalue weighted by molar-refractivity contribution is -0.385. The number of nitro benzene ring substituents is 1. The number of benzene rings is 2. The molecule has 1 aliphatic rings. The van der Waals surface area contributed by atoms with Crippen LogP contribution in [0.2, 0.25) is 0 Å². The summed E-state index contributed by atoms with van der Waals surface area (Å²) in [5.41, 5.74) is 0.579. The Labute approximate surface area is 168 Å². The summed E-state index contributed by atoms with van der Waals surface area (Å²) < 4.78 is 2.65. The van der Waals surface area contributed by atoms with Gasteiger partial charge in [-0.05, 0) is 42.5 Å². The zero-order chi connectivity index (χ0) is 19.3. The van der Waals surface area contributed by atoms with Crippen LogP contribution < -0.4 is 10.6 Å². The lowest BCUT2D eigenvalue weighted by Gasteiger charge is -2.05. The summed E-state index contributed by atoms with van der Waals surface area (Å²) in [6, 6.07) is 11.1. The number of rotatable bonds is 3. The van der Waals surface area contributed by atoms with Gasteiger partial charge >= 0.3 is 0 Å². The van der Waals surface area contributed by atoms with Crippen molar-refractivity contribution in [3.05, 3.63) is 76.5 Å². The molecule has 27 heavy (non-hydrogen) atoms. The number of halogens is 1. The largest absolute Gasteiger partial charge is 0.493 e. The van der Waals surface area contributed by atoms with Crippen LogP contribution in [0.3, 0.4) is 0 Å². The number of thiazole rings is 1. The summed E-state index contributed by atoms with van der Waals surface area (Å²) in [7, 11) is 0. The van der Waals surface area contributed by atoms with Crippen molar-refractivity contribution >= 4 is 56.7 Å². The standard InChI is InChI=1S/C17H8BrN3O4S2/c18-8-1-3-9(4-2-8)20-16(23)14(27-17(20)26)13-11-7-10(21(24)25)5-6-12(11)19-15(13)22/h1-7,23H. The fourth-order valence-electron chi connectivity index (χ4n) is 2.78. The van der Waals surface area contributed by atoms with Crippen molar-refractivity contribution in [3.8, 4) is 11.6 Å². The van der Waals surface area contributed by atoms with Crippen molar-refractivity contribution in [1.29, 1.82) is 0 Å². The van der Waals surface area contributed by atoms with E-state index in [1.54, 1.807) is 24.3 Å². The van der Waals surface area contributed by atoms with Gasteiger partial charge in [-0.1, -0.05) is 15.9 Å². The van der Waals surface area contributed by atoms with Crippen molar-refractivity contribution in [2.75, 3.05) is 0 Å². The zero-order valence-electron chi connectivity index (χ0n) is 13.2. The van der Waals surface area contributed by atoms with Crippen molar-refractivity contribution < 1.29 is 14.8 Å². The van der Waals surface area contributed by atoms with Crippen molar-refractivity contribution in [3.63, 3.8) is 0 Å². The third-order valence-corrected chi connectivity index (χ3v) is 5.90. The van der Waals surface area contributed by atoms with E-state index in [0.717, 1.165) is 15.8 Å². The Morgan fingerprint density at radius 2 is 1.93 bits per heavy atom. The summed E-state index contributed by atoms with van der Waals surface area (Å²) in [6.45, 7) is 0. The maximum absolute atomic E-state index is 12.4. The van der Waals surface area contributed by atoms with Gasteiger partial charge in [0.25, 0.3) is 11.6 Å². The van der Waals surface area contributed by atoms with Gasteiger partial charge in [-0.3, -0.25) is 19.5 Å². The molecule has 7 nitrogen and oxygen atoms in total. The highest BCUT2D eigenvalue weighted by Gasteiger charge is 2.26. The third kappa shape index (κ3) is 2.91. The van der Waals surface area contributed by atoms with Crippen LogP contribution in [0, 0.1) is 14.1 Å². The van der Waals surface area contributed by atoms with E-state index in [4.69, 9.17) is 12.2 Å². The molecule has 4 rings (SSSR count). The van der Waals surface area contributed by atoms with E-state index >= 15 is 0 Å². The Morgan fingerprint density at radius 1 is 1.22 bits per heavy atom.